The number of nitrogens with one attached hydrogen (secondary N) is 2. The molecule has 1 rings (SSSR count). The second kappa shape index (κ2) is 6.57. The first-order valence-corrected chi connectivity index (χ1v) is 6.56. The molecule has 0 spiro atoms. The summed E-state index contributed by atoms with van der Waals surface area (Å²) in [5, 5.41) is 5.89. The first-order chi connectivity index (χ1) is 8.81. The van der Waals surface area contributed by atoms with Gasteiger partial charge in [-0.25, -0.2) is 4.79 Å². The van der Waals surface area contributed by atoms with Gasteiger partial charge in [0.1, 0.15) is 5.60 Å². The second-order valence-electron chi connectivity index (χ2n) is 5.63. The van der Waals surface area contributed by atoms with Crippen molar-refractivity contribution in [1.29, 1.82) is 0 Å². The Morgan fingerprint density at radius 2 is 2.00 bits per heavy atom. The maximum Gasteiger partial charge on any atom is 0.412 e. The Labute approximate surface area is 115 Å². The lowest BCUT2D eigenvalue weighted by Gasteiger charge is -2.20. The fourth-order valence-corrected chi connectivity index (χ4v) is 1.70. The van der Waals surface area contributed by atoms with Gasteiger partial charge in [-0.05, 0) is 64.9 Å². The monoisotopic (exact) mass is 264 g/mol. The van der Waals surface area contributed by atoms with E-state index in [1.165, 1.54) is 5.56 Å². The topological polar surface area (TPSA) is 50.4 Å². The van der Waals surface area contributed by atoms with Crippen molar-refractivity contribution < 1.29 is 9.53 Å². The van der Waals surface area contributed by atoms with Crippen molar-refractivity contribution in [3.63, 3.8) is 0 Å². The molecule has 1 amide bonds. The van der Waals surface area contributed by atoms with Gasteiger partial charge in [0.15, 0.2) is 0 Å². The van der Waals surface area contributed by atoms with E-state index in [1.54, 1.807) is 0 Å². The van der Waals surface area contributed by atoms with E-state index in [0.29, 0.717) is 0 Å². The first-order valence-electron chi connectivity index (χ1n) is 6.56. The maximum atomic E-state index is 11.7. The Hall–Kier alpha value is -1.55. The molecule has 0 saturated carbocycles. The molecule has 0 radical (unpaired) electrons. The Balaban J connectivity index is 2.67. The number of anilines is 1. The van der Waals surface area contributed by atoms with E-state index in [4.69, 9.17) is 4.74 Å². The summed E-state index contributed by atoms with van der Waals surface area (Å²) in [6, 6.07) is 6.03. The van der Waals surface area contributed by atoms with Crippen molar-refractivity contribution in [2.24, 2.45) is 0 Å². The van der Waals surface area contributed by atoms with Crippen LogP contribution < -0.4 is 10.6 Å². The van der Waals surface area contributed by atoms with Crippen molar-refractivity contribution >= 4 is 11.8 Å². The van der Waals surface area contributed by atoms with Crippen LogP contribution in [0.25, 0.3) is 0 Å². The summed E-state index contributed by atoms with van der Waals surface area (Å²) in [5.74, 6) is 0. The fraction of sp³-hybridized carbons (Fsp3) is 0.533. The highest BCUT2D eigenvalue weighted by Crippen LogP contribution is 2.18. The predicted octanol–water partition coefficient (Wildman–Crippen LogP) is 3.10. The van der Waals surface area contributed by atoms with Gasteiger partial charge in [0.25, 0.3) is 0 Å². The summed E-state index contributed by atoms with van der Waals surface area (Å²) in [6.07, 6.45) is 0.558. The molecule has 0 bridgehead atoms. The van der Waals surface area contributed by atoms with Crippen LogP contribution >= 0.6 is 0 Å². The molecule has 0 heterocycles. The second-order valence-corrected chi connectivity index (χ2v) is 5.63. The molecule has 19 heavy (non-hydrogen) atoms. The summed E-state index contributed by atoms with van der Waals surface area (Å²) < 4.78 is 5.23. The first kappa shape index (κ1) is 15.5. The number of hydrogen-bond acceptors (Lipinski definition) is 3. The van der Waals surface area contributed by atoms with E-state index in [9.17, 15) is 4.79 Å². The summed E-state index contributed by atoms with van der Waals surface area (Å²) >= 11 is 0. The van der Waals surface area contributed by atoms with Crippen molar-refractivity contribution in [2.75, 3.05) is 18.9 Å². The summed E-state index contributed by atoms with van der Waals surface area (Å²) in [4.78, 5) is 11.7. The van der Waals surface area contributed by atoms with E-state index in [1.807, 2.05) is 46.9 Å². The highest BCUT2D eigenvalue weighted by atomic mass is 16.6. The number of hydrogen-bond donors (Lipinski definition) is 2. The Bertz CT molecular complexity index is 436. The van der Waals surface area contributed by atoms with Gasteiger partial charge in [-0.1, -0.05) is 12.1 Å². The molecule has 106 valence electrons. The van der Waals surface area contributed by atoms with Crippen molar-refractivity contribution in [2.45, 2.75) is 39.7 Å². The van der Waals surface area contributed by atoms with Crippen LogP contribution in [0.1, 0.15) is 31.9 Å². The zero-order valence-electron chi connectivity index (χ0n) is 12.5. The van der Waals surface area contributed by atoms with Crippen LogP contribution in [0.15, 0.2) is 18.2 Å². The van der Waals surface area contributed by atoms with Crippen LogP contribution in [-0.4, -0.2) is 25.3 Å². The summed E-state index contributed by atoms with van der Waals surface area (Å²) in [7, 11) is 1.94. The van der Waals surface area contributed by atoms with Crippen molar-refractivity contribution in [3.8, 4) is 0 Å². The minimum Gasteiger partial charge on any atom is -0.444 e. The lowest BCUT2D eigenvalue weighted by molar-refractivity contribution is 0.0636. The Kier molecular flexibility index (Phi) is 5.36. The van der Waals surface area contributed by atoms with Crippen LogP contribution in [0.5, 0.6) is 0 Å². The largest absolute Gasteiger partial charge is 0.444 e. The van der Waals surface area contributed by atoms with Crippen LogP contribution in [0.2, 0.25) is 0 Å². The average Bonchev–Trinajstić information content (AvgIpc) is 2.27. The number of aryl methyl sites for hydroxylation is 1. The third-order valence-corrected chi connectivity index (χ3v) is 2.59. The summed E-state index contributed by atoms with van der Waals surface area (Å²) in [6.45, 7) is 8.47. The quantitative estimate of drug-likeness (QED) is 0.878. The molecule has 1 aromatic rings. The van der Waals surface area contributed by atoms with Crippen molar-refractivity contribution in [3.05, 3.63) is 29.3 Å². The van der Waals surface area contributed by atoms with Gasteiger partial charge in [-0.2, -0.15) is 0 Å². The van der Waals surface area contributed by atoms with Gasteiger partial charge in [0, 0.05) is 5.69 Å². The molecule has 0 aromatic heterocycles. The average molecular weight is 264 g/mol. The number of benzene rings is 1. The van der Waals surface area contributed by atoms with Crippen LogP contribution in [0.4, 0.5) is 10.5 Å². The number of carbonyl (C=O) groups is 1. The van der Waals surface area contributed by atoms with Gasteiger partial charge < -0.3 is 10.1 Å². The molecule has 0 unspecified atom stereocenters. The SMILES string of the molecule is CNCCc1ccc(NC(=O)OC(C)(C)C)c(C)c1. The van der Waals surface area contributed by atoms with Gasteiger partial charge in [-0.15, -0.1) is 0 Å². The fourth-order valence-electron chi connectivity index (χ4n) is 1.70. The number of likely N-dealkylation sites (N-methyl/N-ethyl adjacent to an activating group) is 1. The Morgan fingerprint density at radius 1 is 1.32 bits per heavy atom. The van der Waals surface area contributed by atoms with Gasteiger partial charge in [0.05, 0.1) is 0 Å². The lowest BCUT2D eigenvalue weighted by Crippen LogP contribution is -2.27. The van der Waals surface area contributed by atoms with E-state index < -0.39 is 11.7 Å². The standard InChI is InChI=1S/C15H24N2O2/c1-11-10-12(8-9-16-5)6-7-13(11)17-14(18)19-15(2,3)4/h6-7,10,16H,8-9H2,1-5H3,(H,17,18). The van der Waals surface area contributed by atoms with Gasteiger partial charge in [0.2, 0.25) is 0 Å². The van der Waals surface area contributed by atoms with Gasteiger partial charge in [-0.3, -0.25) is 5.32 Å². The lowest BCUT2D eigenvalue weighted by atomic mass is 10.1. The smallest absolute Gasteiger partial charge is 0.412 e. The molecule has 0 aliphatic heterocycles. The highest BCUT2D eigenvalue weighted by molar-refractivity contribution is 5.85. The molecule has 0 fully saturated rings. The zero-order chi connectivity index (χ0) is 14.5. The minimum atomic E-state index is -0.481. The van der Waals surface area contributed by atoms with Crippen LogP contribution in [0.3, 0.4) is 0 Å². The van der Waals surface area contributed by atoms with E-state index in [0.717, 1.165) is 24.2 Å². The van der Waals surface area contributed by atoms with E-state index >= 15 is 0 Å². The van der Waals surface area contributed by atoms with E-state index in [2.05, 4.69) is 16.7 Å². The third kappa shape index (κ3) is 5.75. The molecule has 1 aromatic carbocycles. The molecule has 0 saturated heterocycles. The number of carbonyl (C=O) groups excluding carboxylic acids is 1. The van der Waals surface area contributed by atoms with Crippen molar-refractivity contribution in [1.82, 2.24) is 5.32 Å². The Morgan fingerprint density at radius 3 is 2.53 bits per heavy atom. The maximum absolute atomic E-state index is 11.7. The van der Waals surface area contributed by atoms with Crippen LogP contribution in [0, 0.1) is 6.92 Å². The molecule has 4 heteroatoms. The molecule has 4 nitrogen and oxygen atoms in total. The molecule has 0 aliphatic carbocycles. The minimum absolute atomic E-state index is 0.418. The number of ether oxygens (including phenoxy) is 1. The normalized spacial score (nSPS) is 11.2. The van der Waals surface area contributed by atoms with Crippen LogP contribution in [-0.2, 0) is 11.2 Å². The molecule has 0 atom stereocenters. The molecular weight excluding hydrogens is 240 g/mol. The zero-order valence-corrected chi connectivity index (χ0v) is 12.5. The van der Waals surface area contributed by atoms with Gasteiger partial charge >= 0.3 is 6.09 Å². The number of rotatable bonds is 4. The van der Waals surface area contributed by atoms with E-state index in [-0.39, 0.29) is 0 Å². The molecule has 2 N–H and O–H groups in total. The third-order valence-electron chi connectivity index (χ3n) is 2.59. The summed E-state index contributed by atoms with van der Waals surface area (Å²) in [5.41, 5.74) is 2.61. The molecular formula is C15H24N2O2. The highest BCUT2D eigenvalue weighted by Gasteiger charge is 2.16. The number of amides is 1. The molecule has 0 aliphatic rings. The predicted molar refractivity (Wildman–Crippen MR) is 78.7 cm³/mol.